The summed E-state index contributed by atoms with van der Waals surface area (Å²) in [7, 11) is 1.49. The van der Waals surface area contributed by atoms with Crippen molar-refractivity contribution in [2.75, 3.05) is 20.2 Å². The minimum absolute atomic E-state index is 0.309. The summed E-state index contributed by atoms with van der Waals surface area (Å²) in [6.07, 6.45) is 3.12. The molecule has 1 aliphatic heterocycles. The van der Waals surface area contributed by atoms with Crippen molar-refractivity contribution >= 4 is 5.57 Å². The summed E-state index contributed by atoms with van der Waals surface area (Å²) in [5.74, 6) is 0.00252. The lowest BCUT2D eigenvalue weighted by Crippen LogP contribution is -2.20. The van der Waals surface area contributed by atoms with E-state index in [1.807, 2.05) is 0 Å². The predicted molar refractivity (Wildman–Crippen MR) is 58.4 cm³/mol. The SMILES string of the molecule is COc1cc(C2=CCNCC2)ccc1F. The van der Waals surface area contributed by atoms with Gasteiger partial charge in [-0.2, -0.15) is 0 Å². The summed E-state index contributed by atoms with van der Waals surface area (Å²) >= 11 is 0. The average molecular weight is 207 g/mol. The molecule has 0 unspecified atom stereocenters. The van der Waals surface area contributed by atoms with Gasteiger partial charge in [0, 0.05) is 6.54 Å². The first-order chi connectivity index (χ1) is 7.31. The molecular weight excluding hydrogens is 193 g/mol. The minimum atomic E-state index is -0.309. The molecule has 0 radical (unpaired) electrons. The molecule has 0 atom stereocenters. The van der Waals surface area contributed by atoms with Crippen LogP contribution in [0.4, 0.5) is 4.39 Å². The van der Waals surface area contributed by atoms with Gasteiger partial charge in [0.1, 0.15) is 0 Å². The third-order valence-corrected chi connectivity index (χ3v) is 2.59. The van der Waals surface area contributed by atoms with Crippen molar-refractivity contribution in [3.8, 4) is 5.75 Å². The van der Waals surface area contributed by atoms with Gasteiger partial charge in [0.25, 0.3) is 0 Å². The fourth-order valence-electron chi connectivity index (χ4n) is 1.74. The molecule has 2 rings (SSSR count). The van der Waals surface area contributed by atoms with Gasteiger partial charge in [-0.25, -0.2) is 4.39 Å². The summed E-state index contributed by atoms with van der Waals surface area (Å²) in [6.45, 7) is 1.86. The molecular formula is C12H14FNO. The number of halogens is 1. The van der Waals surface area contributed by atoms with Crippen LogP contribution in [-0.4, -0.2) is 20.2 Å². The highest BCUT2D eigenvalue weighted by molar-refractivity contribution is 5.67. The van der Waals surface area contributed by atoms with Crippen LogP contribution < -0.4 is 10.1 Å². The third kappa shape index (κ3) is 2.18. The van der Waals surface area contributed by atoms with Crippen LogP contribution in [0.1, 0.15) is 12.0 Å². The van der Waals surface area contributed by atoms with Gasteiger partial charge >= 0.3 is 0 Å². The second kappa shape index (κ2) is 4.45. The van der Waals surface area contributed by atoms with Crippen molar-refractivity contribution in [3.63, 3.8) is 0 Å². The van der Waals surface area contributed by atoms with E-state index in [1.54, 1.807) is 12.1 Å². The Bertz CT molecular complexity index is 387. The minimum Gasteiger partial charge on any atom is -0.494 e. The van der Waals surface area contributed by atoms with E-state index in [-0.39, 0.29) is 5.82 Å². The van der Waals surface area contributed by atoms with Crippen LogP contribution >= 0.6 is 0 Å². The van der Waals surface area contributed by atoms with Gasteiger partial charge in [0.15, 0.2) is 11.6 Å². The van der Waals surface area contributed by atoms with Crippen LogP contribution in [0.3, 0.4) is 0 Å². The van der Waals surface area contributed by atoms with Gasteiger partial charge < -0.3 is 10.1 Å². The molecule has 80 valence electrons. The van der Waals surface area contributed by atoms with Crippen molar-refractivity contribution in [2.24, 2.45) is 0 Å². The van der Waals surface area contributed by atoms with Crippen LogP contribution in [0.15, 0.2) is 24.3 Å². The lowest BCUT2D eigenvalue weighted by molar-refractivity contribution is 0.386. The first-order valence-electron chi connectivity index (χ1n) is 5.05. The lowest BCUT2D eigenvalue weighted by Gasteiger charge is -2.15. The number of methoxy groups -OCH3 is 1. The van der Waals surface area contributed by atoms with Crippen molar-refractivity contribution < 1.29 is 9.13 Å². The Hall–Kier alpha value is -1.35. The van der Waals surface area contributed by atoms with E-state index >= 15 is 0 Å². The molecule has 0 saturated heterocycles. The predicted octanol–water partition coefficient (Wildman–Crippen LogP) is 2.21. The highest BCUT2D eigenvalue weighted by Gasteiger charge is 2.09. The van der Waals surface area contributed by atoms with E-state index in [2.05, 4.69) is 11.4 Å². The van der Waals surface area contributed by atoms with Crippen LogP contribution in [0.2, 0.25) is 0 Å². The summed E-state index contributed by atoms with van der Waals surface area (Å²) in [4.78, 5) is 0. The Morgan fingerprint density at radius 2 is 2.27 bits per heavy atom. The smallest absolute Gasteiger partial charge is 0.165 e. The zero-order chi connectivity index (χ0) is 10.7. The van der Waals surface area contributed by atoms with Crippen LogP contribution in [0.5, 0.6) is 5.75 Å². The average Bonchev–Trinajstić information content (AvgIpc) is 2.31. The number of ether oxygens (including phenoxy) is 1. The Morgan fingerprint density at radius 3 is 2.93 bits per heavy atom. The van der Waals surface area contributed by atoms with E-state index in [4.69, 9.17) is 4.74 Å². The molecule has 0 aromatic heterocycles. The first kappa shape index (κ1) is 10.2. The summed E-state index contributed by atoms with van der Waals surface area (Å²) in [5, 5.41) is 3.24. The van der Waals surface area contributed by atoms with Crippen molar-refractivity contribution in [1.82, 2.24) is 5.32 Å². The maximum atomic E-state index is 13.2. The van der Waals surface area contributed by atoms with Gasteiger partial charge in [-0.1, -0.05) is 12.1 Å². The third-order valence-electron chi connectivity index (χ3n) is 2.59. The Balaban J connectivity index is 2.32. The molecule has 0 saturated carbocycles. The Kier molecular flexibility index (Phi) is 3.02. The molecule has 2 nitrogen and oxygen atoms in total. The zero-order valence-corrected chi connectivity index (χ0v) is 8.72. The maximum Gasteiger partial charge on any atom is 0.165 e. The molecule has 0 amide bonds. The van der Waals surface area contributed by atoms with E-state index in [1.165, 1.54) is 18.7 Å². The first-order valence-corrected chi connectivity index (χ1v) is 5.05. The quantitative estimate of drug-likeness (QED) is 0.802. The monoisotopic (exact) mass is 207 g/mol. The number of benzene rings is 1. The van der Waals surface area contributed by atoms with E-state index in [0.29, 0.717) is 5.75 Å². The number of hydrogen-bond acceptors (Lipinski definition) is 2. The van der Waals surface area contributed by atoms with Crippen molar-refractivity contribution in [1.29, 1.82) is 0 Å². The number of nitrogens with one attached hydrogen (secondary N) is 1. The lowest BCUT2D eigenvalue weighted by atomic mass is 10.00. The maximum absolute atomic E-state index is 13.2. The van der Waals surface area contributed by atoms with Crippen LogP contribution in [0, 0.1) is 5.82 Å². The fourth-order valence-corrected chi connectivity index (χ4v) is 1.74. The second-order valence-corrected chi connectivity index (χ2v) is 3.53. The molecule has 0 aliphatic carbocycles. The topological polar surface area (TPSA) is 21.3 Å². The Morgan fingerprint density at radius 1 is 1.40 bits per heavy atom. The summed E-state index contributed by atoms with van der Waals surface area (Å²) in [6, 6.07) is 5.01. The largest absolute Gasteiger partial charge is 0.494 e. The molecule has 1 aliphatic rings. The van der Waals surface area contributed by atoms with E-state index in [0.717, 1.165) is 25.1 Å². The van der Waals surface area contributed by atoms with Gasteiger partial charge in [0.05, 0.1) is 7.11 Å². The highest BCUT2D eigenvalue weighted by atomic mass is 19.1. The van der Waals surface area contributed by atoms with Crippen LogP contribution in [0.25, 0.3) is 5.57 Å². The molecule has 1 heterocycles. The molecule has 0 bridgehead atoms. The van der Waals surface area contributed by atoms with Gasteiger partial charge in [0.2, 0.25) is 0 Å². The summed E-state index contributed by atoms with van der Waals surface area (Å²) < 4.78 is 18.1. The molecule has 1 aromatic carbocycles. The van der Waals surface area contributed by atoms with E-state index < -0.39 is 0 Å². The molecule has 1 aromatic rings. The van der Waals surface area contributed by atoms with Gasteiger partial charge in [-0.05, 0) is 36.2 Å². The van der Waals surface area contributed by atoms with Gasteiger partial charge in [-0.15, -0.1) is 0 Å². The second-order valence-electron chi connectivity index (χ2n) is 3.53. The van der Waals surface area contributed by atoms with Crippen molar-refractivity contribution in [2.45, 2.75) is 6.42 Å². The molecule has 1 N–H and O–H groups in total. The van der Waals surface area contributed by atoms with Crippen molar-refractivity contribution in [3.05, 3.63) is 35.7 Å². The number of rotatable bonds is 2. The Labute approximate surface area is 88.8 Å². The highest BCUT2D eigenvalue weighted by Crippen LogP contribution is 2.25. The summed E-state index contributed by atoms with van der Waals surface area (Å²) in [5.41, 5.74) is 2.31. The fraction of sp³-hybridized carbons (Fsp3) is 0.333. The molecule has 15 heavy (non-hydrogen) atoms. The normalized spacial score (nSPS) is 16.0. The zero-order valence-electron chi connectivity index (χ0n) is 8.72. The standard InChI is InChI=1S/C12H14FNO/c1-15-12-8-10(2-3-11(12)13)9-4-6-14-7-5-9/h2-4,8,14H,5-7H2,1H3. The number of hydrogen-bond donors (Lipinski definition) is 1. The molecule has 0 fully saturated rings. The molecule has 0 spiro atoms. The van der Waals surface area contributed by atoms with E-state index in [9.17, 15) is 4.39 Å². The van der Waals surface area contributed by atoms with Gasteiger partial charge in [-0.3, -0.25) is 0 Å². The molecule has 3 heteroatoms. The van der Waals surface area contributed by atoms with Crippen LogP contribution in [-0.2, 0) is 0 Å².